The van der Waals surface area contributed by atoms with Gasteiger partial charge in [0.2, 0.25) is 0 Å². The number of rotatable bonds is 2. The summed E-state index contributed by atoms with van der Waals surface area (Å²) in [6.45, 7) is 8.91. The van der Waals surface area contributed by atoms with Crippen LogP contribution >= 0.6 is 0 Å². The molecule has 0 aromatic carbocycles. The fourth-order valence-corrected chi connectivity index (χ4v) is 9.24. The van der Waals surface area contributed by atoms with Crippen LogP contribution in [0.1, 0.15) is 72.6 Å². The summed E-state index contributed by atoms with van der Waals surface area (Å²) in [5.74, 6) is 3.08. The van der Waals surface area contributed by atoms with Gasteiger partial charge in [-0.25, -0.2) is 0 Å². The molecule has 6 fully saturated rings. The number of esters is 1. The Bertz CT molecular complexity index is 631. The van der Waals surface area contributed by atoms with Crippen molar-refractivity contribution in [3.05, 3.63) is 0 Å². The fourth-order valence-electron chi connectivity index (χ4n) is 9.24. The van der Waals surface area contributed by atoms with Gasteiger partial charge in [-0.1, -0.05) is 20.8 Å². The first-order valence-electron chi connectivity index (χ1n) is 10.5. The summed E-state index contributed by atoms with van der Waals surface area (Å²) in [7, 11) is 0. The van der Waals surface area contributed by atoms with Crippen molar-refractivity contribution >= 4 is 5.97 Å². The van der Waals surface area contributed by atoms with Crippen molar-refractivity contribution in [3.8, 4) is 0 Å². The molecule has 0 aromatic rings. The molecular weight excluding hydrogens is 312 g/mol. The molecule has 6 saturated carbocycles. The topological polar surface area (TPSA) is 46.5 Å². The number of ether oxygens (including phenoxy) is 1. The highest BCUT2D eigenvalue weighted by molar-refractivity contribution is 5.66. The molecule has 9 atom stereocenters. The van der Waals surface area contributed by atoms with Crippen LogP contribution in [0.4, 0.5) is 0 Å². The molecule has 6 aliphatic rings. The maximum atomic E-state index is 11.6. The average Bonchev–Trinajstić information content (AvgIpc) is 3.00. The van der Waals surface area contributed by atoms with E-state index in [2.05, 4.69) is 20.8 Å². The summed E-state index contributed by atoms with van der Waals surface area (Å²) < 4.78 is 5.71. The maximum absolute atomic E-state index is 11.6. The van der Waals surface area contributed by atoms with E-state index in [1.54, 1.807) is 0 Å². The van der Waals surface area contributed by atoms with Crippen molar-refractivity contribution < 1.29 is 14.6 Å². The number of aliphatic hydroxyl groups excluding tert-OH is 1. The van der Waals surface area contributed by atoms with E-state index in [4.69, 9.17) is 4.74 Å². The van der Waals surface area contributed by atoms with Gasteiger partial charge in [0.05, 0.1) is 6.61 Å². The van der Waals surface area contributed by atoms with Crippen molar-refractivity contribution in [1.29, 1.82) is 0 Å². The van der Waals surface area contributed by atoms with Crippen molar-refractivity contribution in [3.63, 3.8) is 0 Å². The SMILES string of the molecule is CC(=O)O[C@@H]1CC[C@]2(C)[C@H](CC[C@@]34C[C@@H]5[C@@H](C[C@H]32)[C@]5(C)C4)[C@]1(C)CO. The fraction of sp³-hybridized carbons (Fsp3) is 0.955. The van der Waals surface area contributed by atoms with Crippen LogP contribution in [-0.2, 0) is 9.53 Å². The largest absolute Gasteiger partial charge is 0.462 e. The molecule has 0 amide bonds. The van der Waals surface area contributed by atoms with Crippen LogP contribution in [0.25, 0.3) is 0 Å². The number of hydrogen-bond acceptors (Lipinski definition) is 3. The van der Waals surface area contributed by atoms with Crippen LogP contribution < -0.4 is 0 Å². The smallest absolute Gasteiger partial charge is 0.302 e. The quantitative estimate of drug-likeness (QED) is 0.763. The highest BCUT2D eigenvalue weighted by atomic mass is 16.5. The van der Waals surface area contributed by atoms with E-state index < -0.39 is 0 Å². The Kier molecular flexibility index (Phi) is 3.08. The van der Waals surface area contributed by atoms with Gasteiger partial charge in [0.15, 0.2) is 0 Å². The highest BCUT2D eigenvalue weighted by Crippen LogP contribution is 2.85. The third-order valence-corrected chi connectivity index (χ3v) is 10.3. The van der Waals surface area contributed by atoms with Gasteiger partial charge in [-0.05, 0) is 84.9 Å². The molecule has 6 rings (SSSR count). The summed E-state index contributed by atoms with van der Waals surface area (Å²) in [5.41, 5.74) is 1.29. The molecule has 0 aliphatic heterocycles. The third-order valence-electron chi connectivity index (χ3n) is 10.3. The molecule has 1 N–H and O–H groups in total. The summed E-state index contributed by atoms with van der Waals surface area (Å²) in [5, 5.41) is 10.4. The second kappa shape index (κ2) is 4.64. The lowest BCUT2D eigenvalue weighted by atomic mass is 9.39. The number of carbonyl (C=O) groups is 1. The minimum Gasteiger partial charge on any atom is -0.462 e. The Morgan fingerprint density at radius 2 is 1.84 bits per heavy atom. The molecular formula is C22H34O3. The molecule has 0 radical (unpaired) electrons. The zero-order valence-corrected chi connectivity index (χ0v) is 16.3. The molecule has 0 aromatic heterocycles. The Morgan fingerprint density at radius 1 is 1.08 bits per heavy atom. The molecule has 140 valence electrons. The lowest BCUT2D eigenvalue weighted by molar-refractivity contribution is -0.216. The van der Waals surface area contributed by atoms with Crippen LogP contribution in [0.3, 0.4) is 0 Å². The summed E-state index contributed by atoms with van der Waals surface area (Å²) in [6.07, 6.45) is 8.86. The predicted molar refractivity (Wildman–Crippen MR) is 95.7 cm³/mol. The molecule has 3 nitrogen and oxygen atoms in total. The lowest BCUT2D eigenvalue weighted by Crippen LogP contribution is -2.62. The van der Waals surface area contributed by atoms with Gasteiger partial charge in [0.25, 0.3) is 0 Å². The molecule has 3 heteroatoms. The molecule has 1 spiro atoms. The number of aliphatic hydroxyl groups is 1. The Labute approximate surface area is 151 Å². The monoisotopic (exact) mass is 346 g/mol. The Balaban J connectivity index is 1.50. The van der Waals surface area contributed by atoms with E-state index in [-0.39, 0.29) is 24.1 Å². The van der Waals surface area contributed by atoms with Gasteiger partial charge in [0.1, 0.15) is 6.10 Å². The average molecular weight is 347 g/mol. The normalized spacial score (nSPS) is 61.2. The second-order valence-electron chi connectivity index (χ2n) is 11.1. The van der Waals surface area contributed by atoms with Crippen molar-refractivity contribution in [2.75, 3.05) is 6.61 Å². The first kappa shape index (κ1) is 16.6. The number of carbonyl (C=O) groups excluding carboxylic acids is 1. The summed E-state index contributed by atoms with van der Waals surface area (Å²) in [4.78, 5) is 11.6. The van der Waals surface area contributed by atoms with Crippen molar-refractivity contribution in [2.24, 2.45) is 45.3 Å². The first-order valence-corrected chi connectivity index (χ1v) is 10.5. The van der Waals surface area contributed by atoms with E-state index in [9.17, 15) is 9.90 Å². The number of hydrogen-bond donors (Lipinski definition) is 1. The van der Waals surface area contributed by atoms with Crippen LogP contribution in [-0.4, -0.2) is 23.8 Å². The van der Waals surface area contributed by atoms with Crippen LogP contribution in [0.15, 0.2) is 0 Å². The van der Waals surface area contributed by atoms with Crippen LogP contribution in [0, 0.1) is 45.3 Å². The summed E-state index contributed by atoms with van der Waals surface area (Å²) in [6, 6.07) is 0. The molecule has 0 heterocycles. The molecule has 4 bridgehead atoms. The van der Waals surface area contributed by atoms with Gasteiger partial charge in [-0.2, -0.15) is 0 Å². The third kappa shape index (κ3) is 1.79. The van der Waals surface area contributed by atoms with Gasteiger partial charge >= 0.3 is 5.97 Å². The second-order valence-corrected chi connectivity index (χ2v) is 11.1. The molecule has 0 unspecified atom stereocenters. The van der Waals surface area contributed by atoms with Gasteiger partial charge in [-0.15, -0.1) is 0 Å². The Hall–Kier alpha value is -0.570. The highest BCUT2D eigenvalue weighted by Gasteiger charge is 2.78. The van der Waals surface area contributed by atoms with Gasteiger partial charge in [-0.3, -0.25) is 4.79 Å². The molecule has 6 aliphatic carbocycles. The standard InChI is InChI=1S/C22H34O3/c1-13(24)25-18-6-7-19(2)16(21(18,4)12-23)5-8-22-10-15-14(9-17(19)22)20(15,3)11-22/h14-18,23H,5-12H2,1-4H3/t14-,15-,16+,17+,18-,19-,20+,21+,22+/m1/s1. The first-order chi connectivity index (χ1) is 11.7. The van der Waals surface area contributed by atoms with E-state index in [1.807, 2.05) is 0 Å². The van der Waals surface area contributed by atoms with Gasteiger partial charge < -0.3 is 9.84 Å². The van der Waals surface area contributed by atoms with Crippen molar-refractivity contribution in [1.82, 2.24) is 0 Å². The van der Waals surface area contributed by atoms with E-state index in [0.29, 0.717) is 22.2 Å². The van der Waals surface area contributed by atoms with Crippen molar-refractivity contribution in [2.45, 2.75) is 78.7 Å². The zero-order valence-electron chi connectivity index (χ0n) is 16.3. The molecule has 25 heavy (non-hydrogen) atoms. The molecule has 0 saturated heterocycles. The minimum atomic E-state index is -0.284. The zero-order chi connectivity index (χ0) is 17.8. The van der Waals surface area contributed by atoms with E-state index in [1.165, 1.54) is 39.0 Å². The van der Waals surface area contributed by atoms with Gasteiger partial charge in [0, 0.05) is 12.3 Å². The van der Waals surface area contributed by atoms with Crippen LogP contribution in [0.2, 0.25) is 0 Å². The van der Waals surface area contributed by atoms with E-state index in [0.717, 1.165) is 30.6 Å². The van der Waals surface area contributed by atoms with E-state index >= 15 is 0 Å². The Morgan fingerprint density at radius 3 is 2.44 bits per heavy atom. The predicted octanol–water partition coefficient (Wildman–Crippen LogP) is 4.18. The lowest BCUT2D eigenvalue weighted by Gasteiger charge is -2.66. The number of fused-ring (bicyclic) bond motifs is 1. The van der Waals surface area contributed by atoms with Crippen LogP contribution in [0.5, 0.6) is 0 Å². The maximum Gasteiger partial charge on any atom is 0.302 e. The minimum absolute atomic E-state index is 0.119. The summed E-state index contributed by atoms with van der Waals surface area (Å²) >= 11 is 0.